The van der Waals surface area contributed by atoms with Crippen LogP contribution in [0.4, 0.5) is 5.69 Å². The van der Waals surface area contributed by atoms with Crippen molar-refractivity contribution in [3.8, 4) is 0 Å². The second-order valence-electron chi connectivity index (χ2n) is 6.18. The molecule has 0 unspecified atom stereocenters. The summed E-state index contributed by atoms with van der Waals surface area (Å²) in [5, 5.41) is 5.39. The van der Waals surface area contributed by atoms with E-state index in [2.05, 4.69) is 10.6 Å². The summed E-state index contributed by atoms with van der Waals surface area (Å²) >= 11 is 0. The number of nitrogens with two attached hydrogens (primary N) is 1. The first-order valence-corrected chi connectivity index (χ1v) is 8.57. The van der Waals surface area contributed by atoms with Gasteiger partial charge in [0.25, 0.3) is 11.8 Å². The van der Waals surface area contributed by atoms with Gasteiger partial charge in [0.15, 0.2) is 11.5 Å². The molecule has 1 aliphatic carbocycles. The predicted molar refractivity (Wildman–Crippen MR) is 96.5 cm³/mol. The summed E-state index contributed by atoms with van der Waals surface area (Å²) in [5.74, 6) is -0.117. The lowest BCUT2D eigenvalue weighted by Gasteiger charge is -2.10. The molecule has 1 aromatic carbocycles. The summed E-state index contributed by atoms with van der Waals surface area (Å²) < 4.78 is 5.66. The number of hydrogen-bond acceptors (Lipinski definition) is 5. The highest BCUT2D eigenvalue weighted by Gasteiger charge is 2.29. The van der Waals surface area contributed by atoms with Gasteiger partial charge < -0.3 is 20.8 Å². The number of carbonyl (C=O) groups is 3. The monoisotopic (exact) mass is 355 g/mol. The van der Waals surface area contributed by atoms with Crippen LogP contribution in [0.2, 0.25) is 0 Å². The molecule has 0 aliphatic heterocycles. The maximum atomic E-state index is 12.7. The Bertz CT molecular complexity index is 870. The molecule has 4 N–H and O–H groups in total. The van der Waals surface area contributed by atoms with Crippen molar-refractivity contribution < 1.29 is 18.8 Å². The van der Waals surface area contributed by atoms with E-state index in [0.717, 1.165) is 6.42 Å². The van der Waals surface area contributed by atoms with Crippen molar-refractivity contribution in [1.29, 1.82) is 0 Å². The number of Topliss-reactive ketones (excluding diaryl/α,β-unsaturated/α-hetero) is 1. The molecule has 136 valence electrons. The molecule has 0 bridgehead atoms. The second-order valence-corrected chi connectivity index (χ2v) is 6.18. The number of fused-ring (bicyclic) bond motifs is 1. The zero-order valence-electron chi connectivity index (χ0n) is 14.6. The third-order valence-electron chi connectivity index (χ3n) is 4.36. The first kappa shape index (κ1) is 17.9. The van der Waals surface area contributed by atoms with Crippen molar-refractivity contribution in [2.45, 2.75) is 26.2 Å². The molecule has 1 heterocycles. The fourth-order valence-corrected chi connectivity index (χ4v) is 3.12. The van der Waals surface area contributed by atoms with Crippen molar-refractivity contribution in [3.05, 3.63) is 52.5 Å². The van der Waals surface area contributed by atoms with Gasteiger partial charge in [0.2, 0.25) is 0 Å². The highest BCUT2D eigenvalue weighted by Crippen LogP contribution is 2.30. The minimum absolute atomic E-state index is 0.00751. The van der Waals surface area contributed by atoms with Crippen LogP contribution in [0.15, 0.2) is 28.7 Å². The van der Waals surface area contributed by atoms with E-state index in [-0.39, 0.29) is 17.5 Å². The van der Waals surface area contributed by atoms with E-state index in [1.165, 1.54) is 0 Å². The van der Waals surface area contributed by atoms with Gasteiger partial charge >= 0.3 is 0 Å². The van der Waals surface area contributed by atoms with E-state index < -0.39 is 5.91 Å². The minimum Gasteiger partial charge on any atom is -0.455 e. The Morgan fingerprint density at radius 1 is 1.19 bits per heavy atom. The standard InChI is InChI=1S/C19H21N3O4/c1-11-16-14(23)7-4-8-15(16)26-17(11)19(25)22-13-6-3-2-5-12(13)18(24)21-10-9-20/h2-3,5-6H,4,7-10,20H2,1H3,(H,21,24)(H,22,25). The summed E-state index contributed by atoms with van der Waals surface area (Å²) in [7, 11) is 0. The largest absolute Gasteiger partial charge is 0.455 e. The van der Waals surface area contributed by atoms with Crippen molar-refractivity contribution in [2.75, 3.05) is 18.4 Å². The third-order valence-corrected chi connectivity index (χ3v) is 4.36. The zero-order valence-corrected chi connectivity index (χ0v) is 14.6. The number of aryl methyl sites for hydroxylation is 1. The van der Waals surface area contributed by atoms with Crippen molar-refractivity contribution >= 4 is 23.3 Å². The first-order chi connectivity index (χ1) is 12.5. The van der Waals surface area contributed by atoms with Crippen LogP contribution in [0.25, 0.3) is 0 Å². The number of rotatable bonds is 5. The average Bonchev–Trinajstić information content (AvgIpc) is 2.98. The third kappa shape index (κ3) is 3.39. The van der Waals surface area contributed by atoms with Gasteiger partial charge in [-0.1, -0.05) is 12.1 Å². The van der Waals surface area contributed by atoms with E-state index in [0.29, 0.717) is 54.1 Å². The first-order valence-electron chi connectivity index (χ1n) is 8.57. The van der Waals surface area contributed by atoms with Crippen molar-refractivity contribution in [2.24, 2.45) is 5.73 Å². The number of anilines is 1. The Kier molecular flexibility index (Phi) is 5.18. The normalized spacial score (nSPS) is 13.2. The second kappa shape index (κ2) is 7.53. The maximum absolute atomic E-state index is 12.7. The summed E-state index contributed by atoms with van der Waals surface area (Å²) in [6.45, 7) is 2.37. The van der Waals surface area contributed by atoms with Crippen LogP contribution in [-0.4, -0.2) is 30.7 Å². The highest BCUT2D eigenvalue weighted by atomic mass is 16.4. The topological polar surface area (TPSA) is 114 Å². The molecule has 0 fully saturated rings. The maximum Gasteiger partial charge on any atom is 0.291 e. The SMILES string of the molecule is Cc1c(C(=O)Nc2ccccc2C(=O)NCCN)oc2c1C(=O)CCC2. The number of amides is 2. The molecule has 1 aromatic heterocycles. The van der Waals surface area contributed by atoms with E-state index in [1.54, 1.807) is 31.2 Å². The van der Waals surface area contributed by atoms with Gasteiger partial charge in [-0.25, -0.2) is 0 Å². The number of para-hydroxylation sites is 1. The molecule has 1 aliphatic rings. The number of nitrogens with one attached hydrogen (secondary N) is 2. The van der Waals surface area contributed by atoms with Gasteiger partial charge in [-0.15, -0.1) is 0 Å². The van der Waals surface area contributed by atoms with Gasteiger partial charge in [0.05, 0.1) is 16.8 Å². The molecule has 2 amide bonds. The molecule has 2 aromatic rings. The van der Waals surface area contributed by atoms with Gasteiger partial charge in [-0.3, -0.25) is 14.4 Å². The van der Waals surface area contributed by atoms with Crippen LogP contribution in [-0.2, 0) is 6.42 Å². The van der Waals surface area contributed by atoms with Gasteiger partial charge in [0, 0.05) is 31.5 Å². The molecule has 0 atom stereocenters. The fourth-order valence-electron chi connectivity index (χ4n) is 3.12. The number of hydrogen-bond donors (Lipinski definition) is 3. The van der Waals surface area contributed by atoms with Crippen molar-refractivity contribution in [3.63, 3.8) is 0 Å². The van der Waals surface area contributed by atoms with Crippen LogP contribution in [0.5, 0.6) is 0 Å². The fraction of sp³-hybridized carbons (Fsp3) is 0.316. The number of benzene rings is 1. The summed E-state index contributed by atoms with van der Waals surface area (Å²) in [5.41, 5.74) is 7.17. The van der Waals surface area contributed by atoms with E-state index in [9.17, 15) is 14.4 Å². The number of ketones is 1. The lowest BCUT2D eigenvalue weighted by Crippen LogP contribution is -2.30. The predicted octanol–water partition coefficient (Wildman–Crippen LogP) is 2.05. The van der Waals surface area contributed by atoms with Gasteiger partial charge in [-0.2, -0.15) is 0 Å². The molecule has 26 heavy (non-hydrogen) atoms. The van der Waals surface area contributed by atoms with Crippen molar-refractivity contribution in [1.82, 2.24) is 5.32 Å². The van der Waals surface area contributed by atoms with Gasteiger partial charge in [-0.05, 0) is 25.5 Å². The van der Waals surface area contributed by atoms with Crippen LogP contribution in [0.3, 0.4) is 0 Å². The molecule has 0 spiro atoms. The summed E-state index contributed by atoms with van der Waals surface area (Å²) in [4.78, 5) is 37.0. The lowest BCUT2D eigenvalue weighted by atomic mass is 9.94. The molecular weight excluding hydrogens is 334 g/mol. The van der Waals surface area contributed by atoms with E-state index in [1.807, 2.05) is 0 Å². The Hall–Kier alpha value is -2.93. The van der Waals surface area contributed by atoms with Crippen LogP contribution >= 0.6 is 0 Å². The molecule has 0 saturated heterocycles. The quantitative estimate of drug-likeness (QED) is 0.759. The van der Waals surface area contributed by atoms with Gasteiger partial charge in [0.1, 0.15) is 5.76 Å². The molecule has 7 heteroatoms. The zero-order chi connectivity index (χ0) is 18.7. The summed E-state index contributed by atoms with van der Waals surface area (Å²) in [6, 6.07) is 6.69. The van der Waals surface area contributed by atoms with Crippen LogP contribution in [0, 0.1) is 6.92 Å². The Morgan fingerprint density at radius 3 is 2.69 bits per heavy atom. The Labute approximate surface area is 150 Å². The van der Waals surface area contributed by atoms with E-state index in [4.69, 9.17) is 10.2 Å². The number of carbonyl (C=O) groups excluding carboxylic acids is 3. The van der Waals surface area contributed by atoms with Crippen LogP contribution in [0.1, 0.15) is 55.4 Å². The van der Waals surface area contributed by atoms with Crippen LogP contribution < -0.4 is 16.4 Å². The molecule has 0 radical (unpaired) electrons. The minimum atomic E-state index is -0.483. The Balaban J connectivity index is 1.86. The highest BCUT2D eigenvalue weighted by molar-refractivity contribution is 6.10. The molecule has 3 rings (SSSR count). The molecular formula is C19H21N3O4. The number of furan rings is 1. The molecule has 7 nitrogen and oxygen atoms in total. The lowest BCUT2D eigenvalue weighted by molar-refractivity contribution is 0.0950. The van der Waals surface area contributed by atoms with E-state index >= 15 is 0 Å². The molecule has 0 saturated carbocycles. The average molecular weight is 355 g/mol. The summed E-state index contributed by atoms with van der Waals surface area (Å²) in [6.07, 6.45) is 1.84. The Morgan fingerprint density at radius 2 is 1.96 bits per heavy atom. The smallest absolute Gasteiger partial charge is 0.291 e.